The van der Waals surface area contributed by atoms with E-state index in [0.717, 1.165) is 29.3 Å². The van der Waals surface area contributed by atoms with E-state index in [9.17, 15) is 13.2 Å². The number of carbonyl (C=O) groups excluding carboxylic acids is 1. The van der Waals surface area contributed by atoms with Crippen LogP contribution in [-0.4, -0.2) is 32.7 Å². The lowest BCUT2D eigenvalue weighted by molar-refractivity contribution is -0.122. The summed E-state index contributed by atoms with van der Waals surface area (Å²) in [6, 6.07) is 5.85. The number of halogens is 1. The number of rotatable bonds is 5. The molecule has 0 aromatic heterocycles. The highest BCUT2D eigenvalue weighted by molar-refractivity contribution is 7.92. The van der Waals surface area contributed by atoms with Crippen molar-refractivity contribution in [2.45, 2.75) is 44.7 Å². The Balaban J connectivity index is 1.77. The zero-order valence-corrected chi connectivity index (χ0v) is 15.5. The van der Waals surface area contributed by atoms with Crippen LogP contribution in [0.25, 0.3) is 0 Å². The maximum Gasteiger partial charge on any atom is 0.243 e. The van der Waals surface area contributed by atoms with Crippen LogP contribution in [0.3, 0.4) is 0 Å². The van der Waals surface area contributed by atoms with E-state index < -0.39 is 16.1 Å². The number of carbonyl (C=O) groups is 1. The van der Waals surface area contributed by atoms with Crippen molar-refractivity contribution in [1.82, 2.24) is 5.32 Å². The summed E-state index contributed by atoms with van der Waals surface area (Å²) in [7, 11) is -3.59. The number of nitrogens with one attached hydrogen (secondary N) is 1. The number of sulfonamides is 1. The van der Waals surface area contributed by atoms with Gasteiger partial charge in [-0.05, 0) is 62.3 Å². The highest BCUT2D eigenvalue weighted by Gasteiger charge is 2.41. The van der Waals surface area contributed by atoms with Crippen LogP contribution in [0.15, 0.2) is 24.3 Å². The van der Waals surface area contributed by atoms with E-state index in [1.807, 2.05) is 0 Å². The second-order valence-electron chi connectivity index (χ2n) is 7.00. The summed E-state index contributed by atoms with van der Waals surface area (Å²) in [5.74, 6) is 1.03. The Kier molecular flexibility index (Phi) is 4.80. The van der Waals surface area contributed by atoms with Gasteiger partial charge in [0.1, 0.15) is 6.04 Å². The number of hydrogen-bond donors (Lipinski definition) is 1. The maximum absolute atomic E-state index is 12.7. The van der Waals surface area contributed by atoms with Crippen molar-refractivity contribution in [3.63, 3.8) is 0 Å². The molecule has 0 saturated heterocycles. The number of fused-ring (bicyclic) bond motifs is 2. The SMILES string of the molecule is C[C@@H](C(=O)N[C@H]1C[C@@H]2CC[C@@H]1C2)N(c1ccc(Cl)cc1)S(C)(=O)=O. The van der Waals surface area contributed by atoms with Gasteiger partial charge < -0.3 is 5.32 Å². The molecule has 2 fully saturated rings. The van der Waals surface area contributed by atoms with Gasteiger partial charge >= 0.3 is 0 Å². The van der Waals surface area contributed by atoms with Crippen LogP contribution in [0, 0.1) is 11.8 Å². The molecule has 4 atom stereocenters. The fourth-order valence-electron chi connectivity index (χ4n) is 4.12. The fraction of sp³-hybridized carbons (Fsp3) is 0.588. The lowest BCUT2D eigenvalue weighted by Gasteiger charge is -2.31. The topological polar surface area (TPSA) is 66.5 Å². The third-order valence-corrected chi connectivity index (χ3v) is 6.73. The molecular formula is C17H23ClN2O3S. The van der Waals surface area contributed by atoms with E-state index in [1.165, 1.54) is 12.8 Å². The number of amides is 1. The smallest absolute Gasteiger partial charge is 0.243 e. The third kappa shape index (κ3) is 3.54. The summed E-state index contributed by atoms with van der Waals surface area (Å²) < 4.78 is 25.6. The molecule has 7 heteroatoms. The largest absolute Gasteiger partial charge is 0.351 e. The van der Waals surface area contributed by atoms with Crippen LogP contribution in [0.4, 0.5) is 5.69 Å². The van der Waals surface area contributed by atoms with Gasteiger partial charge in [0.15, 0.2) is 0 Å². The minimum absolute atomic E-state index is 0.185. The molecule has 1 aromatic rings. The first-order valence-electron chi connectivity index (χ1n) is 8.31. The van der Waals surface area contributed by atoms with Crippen molar-refractivity contribution in [3.05, 3.63) is 29.3 Å². The molecule has 2 bridgehead atoms. The average Bonchev–Trinajstić information content (AvgIpc) is 3.10. The summed E-state index contributed by atoms with van der Waals surface area (Å²) in [6.07, 6.45) is 5.74. The van der Waals surface area contributed by atoms with Gasteiger partial charge in [-0.15, -0.1) is 0 Å². The molecule has 0 unspecified atom stereocenters. The van der Waals surface area contributed by atoms with Gasteiger partial charge in [-0.3, -0.25) is 9.10 Å². The van der Waals surface area contributed by atoms with Gasteiger partial charge in [-0.2, -0.15) is 0 Å². The molecule has 2 saturated carbocycles. The molecule has 1 aromatic carbocycles. The molecular weight excluding hydrogens is 348 g/mol. The van der Waals surface area contributed by atoms with E-state index in [-0.39, 0.29) is 11.9 Å². The van der Waals surface area contributed by atoms with Crippen LogP contribution in [0.1, 0.15) is 32.6 Å². The summed E-state index contributed by atoms with van der Waals surface area (Å²) in [6.45, 7) is 1.62. The fourth-order valence-corrected chi connectivity index (χ4v) is 5.42. The molecule has 0 aliphatic heterocycles. The Morgan fingerprint density at radius 3 is 2.42 bits per heavy atom. The standard InChI is InChI=1S/C17H23ClN2O3S/c1-11(17(21)19-16-10-12-3-4-13(16)9-12)20(24(2,22)23)15-7-5-14(18)6-8-15/h5-8,11-13,16H,3-4,9-10H2,1-2H3,(H,19,21)/t11-,12+,13+,16-/m0/s1. The molecule has 2 aliphatic carbocycles. The third-order valence-electron chi connectivity index (χ3n) is 5.24. The van der Waals surface area contributed by atoms with Gasteiger partial charge in [-0.1, -0.05) is 18.0 Å². The molecule has 5 nitrogen and oxygen atoms in total. The minimum Gasteiger partial charge on any atom is -0.351 e. The van der Waals surface area contributed by atoms with Crippen LogP contribution < -0.4 is 9.62 Å². The molecule has 0 radical (unpaired) electrons. The molecule has 0 spiro atoms. The quantitative estimate of drug-likeness (QED) is 0.866. The van der Waals surface area contributed by atoms with Crippen molar-refractivity contribution in [2.75, 3.05) is 10.6 Å². The predicted octanol–water partition coefficient (Wildman–Crippen LogP) is 2.80. The Morgan fingerprint density at radius 1 is 1.25 bits per heavy atom. The average molecular weight is 371 g/mol. The van der Waals surface area contributed by atoms with Gasteiger partial charge in [-0.25, -0.2) is 8.42 Å². The minimum atomic E-state index is -3.59. The molecule has 3 rings (SSSR count). The maximum atomic E-state index is 12.7. The zero-order valence-electron chi connectivity index (χ0n) is 13.9. The molecule has 24 heavy (non-hydrogen) atoms. The van der Waals surface area contributed by atoms with Crippen LogP contribution >= 0.6 is 11.6 Å². The van der Waals surface area contributed by atoms with Crippen molar-refractivity contribution >= 4 is 33.2 Å². The molecule has 132 valence electrons. The number of benzene rings is 1. The second kappa shape index (κ2) is 6.56. The molecule has 0 heterocycles. The van der Waals surface area contributed by atoms with Crippen molar-refractivity contribution in [1.29, 1.82) is 0 Å². The predicted molar refractivity (Wildman–Crippen MR) is 95.6 cm³/mol. The Hall–Kier alpha value is -1.27. The van der Waals surface area contributed by atoms with Gasteiger partial charge in [0, 0.05) is 11.1 Å². The van der Waals surface area contributed by atoms with Crippen molar-refractivity contribution in [3.8, 4) is 0 Å². The monoisotopic (exact) mass is 370 g/mol. The lowest BCUT2D eigenvalue weighted by atomic mass is 9.95. The molecule has 1 amide bonds. The number of hydrogen-bond acceptors (Lipinski definition) is 3. The van der Waals surface area contributed by atoms with Crippen LogP contribution in [0.2, 0.25) is 5.02 Å². The Labute approximate surface area is 148 Å². The highest BCUT2D eigenvalue weighted by Crippen LogP contribution is 2.44. The Morgan fingerprint density at radius 2 is 1.92 bits per heavy atom. The van der Waals surface area contributed by atoms with E-state index in [2.05, 4.69) is 5.32 Å². The first-order chi connectivity index (χ1) is 11.3. The number of nitrogens with zero attached hydrogens (tertiary/aromatic N) is 1. The summed E-state index contributed by atoms with van der Waals surface area (Å²) in [4.78, 5) is 12.7. The molecule has 2 aliphatic rings. The van der Waals surface area contributed by atoms with E-state index >= 15 is 0 Å². The Bertz CT molecular complexity index is 720. The lowest BCUT2D eigenvalue weighted by Crippen LogP contribution is -2.51. The van der Waals surface area contributed by atoms with Crippen molar-refractivity contribution in [2.24, 2.45) is 11.8 Å². The van der Waals surface area contributed by atoms with Crippen LogP contribution in [-0.2, 0) is 14.8 Å². The second-order valence-corrected chi connectivity index (χ2v) is 9.30. The normalized spacial score (nSPS) is 27.0. The van der Waals surface area contributed by atoms with E-state index in [0.29, 0.717) is 16.6 Å². The first kappa shape index (κ1) is 17.5. The van der Waals surface area contributed by atoms with E-state index in [4.69, 9.17) is 11.6 Å². The van der Waals surface area contributed by atoms with Gasteiger partial charge in [0.2, 0.25) is 15.9 Å². The summed E-state index contributed by atoms with van der Waals surface area (Å²) in [5, 5.41) is 3.59. The van der Waals surface area contributed by atoms with Gasteiger partial charge in [0.25, 0.3) is 0 Å². The van der Waals surface area contributed by atoms with Crippen molar-refractivity contribution < 1.29 is 13.2 Å². The van der Waals surface area contributed by atoms with Crippen LogP contribution in [0.5, 0.6) is 0 Å². The number of anilines is 1. The summed E-state index contributed by atoms with van der Waals surface area (Å²) >= 11 is 5.87. The zero-order chi connectivity index (χ0) is 17.5. The molecule has 1 N–H and O–H groups in total. The highest BCUT2D eigenvalue weighted by atomic mass is 35.5. The summed E-state index contributed by atoms with van der Waals surface area (Å²) in [5.41, 5.74) is 0.442. The van der Waals surface area contributed by atoms with E-state index in [1.54, 1.807) is 31.2 Å². The first-order valence-corrected chi connectivity index (χ1v) is 10.5. The van der Waals surface area contributed by atoms with Gasteiger partial charge in [0.05, 0.1) is 11.9 Å².